The molecule has 0 spiro atoms. The first-order valence-electron chi connectivity index (χ1n) is 28.3. The Hall–Kier alpha value is -6.04. The van der Waals surface area contributed by atoms with Crippen LogP contribution in [0, 0.1) is 0 Å². The number of aliphatic hydroxyl groups excluding tert-OH is 2. The first kappa shape index (κ1) is 67.1. The minimum absolute atomic E-state index is 0.00458. The molecule has 0 radical (unpaired) electrons. The van der Waals surface area contributed by atoms with Crippen molar-refractivity contribution < 1.29 is 86.0 Å². The van der Waals surface area contributed by atoms with Crippen LogP contribution in [0.25, 0.3) is 0 Å². The Morgan fingerprint density at radius 2 is 0.512 bits per heavy atom. The molecule has 0 unspecified atom stereocenters. The van der Waals surface area contributed by atoms with E-state index in [-0.39, 0.29) is 52.9 Å². The van der Waals surface area contributed by atoms with E-state index < -0.39 is 35.6 Å². The lowest BCUT2D eigenvalue weighted by Gasteiger charge is -2.40. The highest BCUT2D eigenvalue weighted by atomic mass is 16.6. The molecule has 0 saturated carbocycles. The molecule has 6 aromatic rings. The van der Waals surface area contributed by atoms with Crippen LogP contribution in [-0.2, 0) is 68.0 Å². The molecule has 0 amide bonds. The van der Waals surface area contributed by atoms with Crippen LogP contribution in [0.1, 0.15) is 33.4 Å². The molecule has 6 aromatic carbocycles. The molecule has 18 heteroatoms. The fraction of sp³-hybridized carbons (Fsp3) is 0.455. The smallest absolute Gasteiger partial charge is 0.143 e. The summed E-state index contributed by atoms with van der Waals surface area (Å²) in [7, 11) is 9.69. The van der Waals surface area contributed by atoms with Crippen molar-refractivity contribution in [3.63, 3.8) is 0 Å². The third-order valence-electron chi connectivity index (χ3n) is 13.9. The predicted octanol–water partition coefficient (Wildman–Crippen LogP) is 7.92. The van der Waals surface area contributed by atoms with E-state index in [0.717, 1.165) is 33.4 Å². The quantitative estimate of drug-likeness (QED) is 0.0277. The normalized spacial score (nSPS) is 13.3. The molecular weight excluding hydrogens is 1080 g/mol. The first-order chi connectivity index (χ1) is 41.3. The molecule has 0 aliphatic carbocycles. The predicted molar refractivity (Wildman–Crippen MR) is 317 cm³/mol. The fourth-order valence-corrected chi connectivity index (χ4v) is 9.38. The number of hydrogen-bond acceptors (Lipinski definition) is 18. The van der Waals surface area contributed by atoms with Gasteiger partial charge in [0.2, 0.25) is 0 Å². The molecule has 6 rings (SSSR count). The molecule has 0 fully saturated rings. The van der Waals surface area contributed by atoms with Gasteiger partial charge in [0.15, 0.2) is 0 Å². The maximum atomic E-state index is 12.9. The van der Waals surface area contributed by atoms with Crippen molar-refractivity contribution in [1.29, 1.82) is 0 Å². The lowest BCUT2D eigenvalue weighted by molar-refractivity contribution is -0.181. The molecule has 2 N–H and O–H groups in total. The van der Waals surface area contributed by atoms with Gasteiger partial charge in [-0.3, -0.25) is 0 Å². The van der Waals surface area contributed by atoms with E-state index in [1.54, 1.807) is 42.7 Å². The molecule has 0 saturated heterocycles. The molecular formula is C66H86O18. The van der Waals surface area contributed by atoms with Gasteiger partial charge in [-0.15, -0.1) is 0 Å². The van der Waals surface area contributed by atoms with Crippen LogP contribution in [0.3, 0.4) is 0 Å². The largest absolute Gasteiger partial charge is 0.497 e. The summed E-state index contributed by atoms with van der Waals surface area (Å²) < 4.78 is 94.6. The van der Waals surface area contributed by atoms with Crippen LogP contribution < -0.4 is 18.9 Å². The van der Waals surface area contributed by atoms with Gasteiger partial charge in [-0.05, 0) is 81.9 Å². The molecule has 0 aromatic heterocycles. The summed E-state index contributed by atoms with van der Waals surface area (Å²) in [5.74, 6) is 2.60. The Morgan fingerprint density at radius 1 is 0.286 bits per heavy atom. The van der Waals surface area contributed by atoms with Crippen molar-refractivity contribution >= 4 is 0 Å². The number of aliphatic hydroxyl groups is 2. The van der Waals surface area contributed by atoms with Crippen LogP contribution in [0.4, 0.5) is 0 Å². The molecule has 458 valence electrons. The molecule has 84 heavy (non-hydrogen) atoms. The summed E-state index contributed by atoms with van der Waals surface area (Å²) in [4.78, 5) is 0. The van der Waals surface area contributed by atoms with Crippen molar-refractivity contribution in [1.82, 2.24) is 0 Å². The summed E-state index contributed by atoms with van der Waals surface area (Å²) in [5.41, 5.74) is 1.97. The maximum Gasteiger partial charge on any atom is 0.143 e. The zero-order chi connectivity index (χ0) is 59.5. The van der Waals surface area contributed by atoms with Gasteiger partial charge in [0, 0.05) is 14.2 Å². The molecule has 4 atom stereocenters. The Labute approximate surface area is 495 Å². The highest BCUT2D eigenvalue weighted by molar-refractivity contribution is 5.51. The zero-order valence-electron chi connectivity index (χ0n) is 49.5. The number of hydrogen-bond donors (Lipinski definition) is 2. The van der Waals surface area contributed by atoms with Crippen LogP contribution in [0.15, 0.2) is 158 Å². The van der Waals surface area contributed by atoms with Crippen molar-refractivity contribution in [3.8, 4) is 23.0 Å². The molecule has 0 aliphatic rings. The summed E-state index contributed by atoms with van der Waals surface area (Å²) in [6, 6.07) is 50.1. The molecule has 0 bridgehead atoms. The summed E-state index contributed by atoms with van der Waals surface area (Å²) in [6.45, 7) is 4.54. The van der Waals surface area contributed by atoms with E-state index in [0.29, 0.717) is 89.1 Å². The number of methoxy groups -OCH3 is 6. The van der Waals surface area contributed by atoms with Crippen molar-refractivity contribution in [2.75, 3.05) is 162 Å². The van der Waals surface area contributed by atoms with Crippen LogP contribution in [0.5, 0.6) is 23.0 Å². The van der Waals surface area contributed by atoms with Gasteiger partial charge in [-0.1, -0.05) is 109 Å². The van der Waals surface area contributed by atoms with Gasteiger partial charge in [0.25, 0.3) is 0 Å². The average Bonchev–Trinajstić information content (AvgIpc) is 1.53. The topological polar surface area (TPSA) is 188 Å². The average molecular weight is 1170 g/mol. The lowest BCUT2D eigenvalue weighted by Crippen LogP contribution is -2.52. The van der Waals surface area contributed by atoms with E-state index in [1.165, 1.54) is 0 Å². The van der Waals surface area contributed by atoms with Crippen LogP contribution >= 0.6 is 0 Å². The Balaban J connectivity index is 1.35. The molecule has 0 heterocycles. The number of ether oxygens (including phenoxy) is 16. The van der Waals surface area contributed by atoms with Gasteiger partial charge < -0.3 is 86.0 Å². The monoisotopic (exact) mass is 1170 g/mol. The second-order valence-electron chi connectivity index (χ2n) is 19.1. The van der Waals surface area contributed by atoms with Crippen molar-refractivity contribution in [3.05, 3.63) is 191 Å². The Morgan fingerprint density at radius 3 is 0.750 bits per heavy atom. The van der Waals surface area contributed by atoms with E-state index in [2.05, 4.69) is 0 Å². The Bertz CT molecular complexity index is 2330. The van der Waals surface area contributed by atoms with Gasteiger partial charge in [0.1, 0.15) is 58.6 Å². The van der Waals surface area contributed by atoms with E-state index >= 15 is 0 Å². The van der Waals surface area contributed by atoms with Gasteiger partial charge in [-0.25, -0.2) is 0 Å². The minimum atomic E-state index is -1.66. The van der Waals surface area contributed by atoms with Gasteiger partial charge in [0.05, 0.1) is 147 Å². The SMILES string of the molecule is COCCOCCOCCOCCO[C@H](COC(c1ccccc1)(c1ccc(OC)cc1)c1ccc(OC)cc1)[C@@H](O)[C@H](O)[C@@H](COC(c1ccccc1)(c1ccc(OC)cc1)c1ccc(OC)cc1)OCCOCCOCCOCCOC. The van der Waals surface area contributed by atoms with Crippen molar-refractivity contribution in [2.45, 2.75) is 35.6 Å². The summed E-state index contributed by atoms with van der Waals surface area (Å²) in [6.07, 6.45) is -5.73. The van der Waals surface area contributed by atoms with Crippen LogP contribution in [-0.4, -0.2) is 196 Å². The van der Waals surface area contributed by atoms with E-state index in [1.807, 2.05) is 158 Å². The lowest BCUT2D eigenvalue weighted by atomic mass is 9.79. The summed E-state index contributed by atoms with van der Waals surface area (Å²) >= 11 is 0. The second kappa shape index (κ2) is 38.1. The fourth-order valence-electron chi connectivity index (χ4n) is 9.38. The Kier molecular flexibility index (Phi) is 30.4. The van der Waals surface area contributed by atoms with Gasteiger partial charge >= 0.3 is 0 Å². The van der Waals surface area contributed by atoms with E-state index in [9.17, 15) is 10.2 Å². The first-order valence-corrected chi connectivity index (χ1v) is 28.3. The minimum Gasteiger partial charge on any atom is -0.497 e. The maximum absolute atomic E-state index is 12.9. The molecule has 0 aliphatic heterocycles. The third-order valence-corrected chi connectivity index (χ3v) is 13.9. The third kappa shape index (κ3) is 20.0. The summed E-state index contributed by atoms with van der Waals surface area (Å²) in [5, 5.41) is 25.7. The number of benzene rings is 6. The highest BCUT2D eigenvalue weighted by Crippen LogP contribution is 2.44. The standard InChI is InChI=1S/C66H86O18/c1-69-33-35-75-37-39-77-41-43-79-45-47-81-61(49-83-65(51-13-9-7-10-14-51,53-17-25-57(71-3)26-18-53)54-19-27-58(72-4)28-20-54)63(67)64(68)62(82-48-46-80-44-42-78-40-38-76-36-34-70-2)50-84-66(52-15-11-8-12-16-52,55-21-29-59(73-5)30-22-55)56-23-31-60(74-6)32-24-56/h7-32,61-64,67-68H,33-50H2,1-6H3/t61-,62-,63-,64-/m1/s1. The molecule has 18 nitrogen and oxygen atoms in total. The van der Waals surface area contributed by atoms with Gasteiger partial charge in [-0.2, -0.15) is 0 Å². The zero-order valence-corrected chi connectivity index (χ0v) is 49.5. The van der Waals surface area contributed by atoms with Crippen molar-refractivity contribution in [2.24, 2.45) is 0 Å². The van der Waals surface area contributed by atoms with E-state index in [4.69, 9.17) is 75.8 Å². The highest BCUT2D eigenvalue weighted by Gasteiger charge is 2.44. The second-order valence-corrected chi connectivity index (χ2v) is 19.1. The van der Waals surface area contributed by atoms with Crippen LogP contribution in [0.2, 0.25) is 0 Å². The number of rotatable bonds is 45.